The first-order valence-corrected chi connectivity index (χ1v) is 9.98. The molecule has 0 saturated carbocycles. The summed E-state index contributed by atoms with van der Waals surface area (Å²) in [5, 5.41) is 15.4. The number of halogens is 3. The van der Waals surface area contributed by atoms with Gasteiger partial charge in [0.15, 0.2) is 0 Å². The number of ether oxygens (including phenoxy) is 1. The van der Waals surface area contributed by atoms with Crippen molar-refractivity contribution >= 4 is 16.6 Å². The van der Waals surface area contributed by atoms with Gasteiger partial charge in [0.25, 0.3) is 6.43 Å². The van der Waals surface area contributed by atoms with Gasteiger partial charge in [0, 0.05) is 10.9 Å². The summed E-state index contributed by atoms with van der Waals surface area (Å²) in [7, 11) is 0. The van der Waals surface area contributed by atoms with Crippen LogP contribution in [-0.2, 0) is 0 Å². The number of piperidine rings is 1. The van der Waals surface area contributed by atoms with E-state index in [0.717, 1.165) is 43.1 Å². The van der Waals surface area contributed by atoms with Gasteiger partial charge in [-0.25, -0.2) is 13.2 Å². The van der Waals surface area contributed by atoms with E-state index in [1.165, 1.54) is 12.1 Å². The summed E-state index contributed by atoms with van der Waals surface area (Å²) in [5.41, 5.74) is 0.855. The minimum absolute atomic E-state index is 0.153. The molecule has 0 unspecified atom stereocenters. The average Bonchev–Trinajstić information content (AvgIpc) is 2.75. The van der Waals surface area contributed by atoms with E-state index < -0.39 is 23.8 Å². The molecule has 2 heterocycles. The molecule has 158 valence electrons. The molecule has 8 heteroatoms. The Morgan fingerprint density at radius 1 is 1.13 bits per heavy atom. The molecule has 0 bridgehead atoms. The second-order valence-corrected chi connectivity index (χ2v) is 7.42. The van der Waals surface area contributed by atoms with E-state index in [1.807, 2.05) is 18.2 Å². The zero-order chi connectivity index (χ0) is 21.1. The van der Waals surface area contributed by atoms with Crippen molar-refractivity contribution in [2.45, 2.75) is 38.3 Å². The van der Waals surface area contributed by atoms with E-state index in [9.17, 15) is 13.2 Å². The highest BCUT2D eigenvalue weighted by Crippen LogP contribution is 2.32. The van der Waals surface area contributed by atoms with Crippen LogP contribution in [0.25, 0.3) is 10.9 Å². The summed E-state index contributed by atoms with van der Waals surface area (Å²) in [6, 6.07) is 9.06. The van der Waals surface area contributed by atoms with Crippen LogP contribution in [0.1, 0.15) is 43.4 Å². The van der Waals surface area contributed by atoms with E-state index in [-0.39, 0.29) is 11.7 Å². The largest absolute Gasteiger partial charge is 0.490 e. The van der Waals surface area contributed by atoms with Crippen LogP contribution < -0.4 is 15.4 Å². The maximum absolute atomic E-state index is 14.5. The van der Waals surface area contributed by atoms with Crippen molar-refractivity contribution in [3.63, 3.8) is 0 Å². The van der Waals surface area contributed by atoms with E-state index >= 15 is 0 Å². The van der Waals surface area contributed by atoms with Gasteiger partial charge in [0.1, 0.15) is 17.7 Å². The number of anilines is 1. The van der Waals surface area contributed by atoms with Crippen LogP contribution in [0.5, 0.6) is 5.75 Å². The molecular formula is C22H23F3N4O. The first-order chi connectivity index (χ1) is 14.5. The van der Waals surface area contributed by atoms with Crippen LogP contribution in [0, 0.1) is 5.82 Å². The molecule has 0 amide bonds. The SMILES string of the molecule is C[C@@H](Nc1cnnc2ccc(OC3CCNCC3)cc12)c1cccc(C(F)F)c1F. The van der Waals surface area contributed by atoms with Gasteiger partial charge in [0.2, 0.25) is 0 Å². The summed E-state index contributed by atoms with van der Waals surface area (Å²) in [5.74, 6) is -0.169. The smallest absolute Gasteiger partial charge is 0.266 e. The van der Waals surface area contributed by atoms with E-state index in [1.54, 1.807) is 13.1 Å². The van der Waals surface area contributed by atoms with Crippen molar-refractivity contribution < 1.29 is 17.9 Å². The average molecular weight is 416 g/mol. The number of nitrogens with one attached hydrogen (secondary N) is 2. The maximum Gasteiger partial charge on any atom is 0.266 e. The first-order valence-electron chi connectivity index (χ1n) is 9.98. The molecule has 0 radical (unpaired) electrons. The van der Waals surface area contributed by atoms with E-state index in [2.05, 4.69) is 20.8 Å². The normalized spacial score (nSPS) is 16.0. The fourth-order valence-corrected chi connectivity index (χ4v) is 3.71. The third-order valence-electron chi connectivity index (χ3n) is 5.33. The van der Waals surface area contributed by atoms with Gasteiger partial charge < -0.3 is 15.4 Å². The molecule has 1 aromatic heterocycles. The van der Waals surface area contributed by atoms with Crippen molar-refractivity contribution in [3.8, 4) is 5.75 Å². The second-order valence-electron chi connectivity index (χ2n) is 7.42. The van der Waals surface area contributed by atoms with E-state index in [0.29, 0.717) is 11.2 Å². The summed E-state index contributed by atoms with van der Waals surface area (Å²) in [6.45, 7) is 3.57. The maximum atomic E-state index is 14.5. The molecule has 2 aromatic carbocycles. The molecule has 1 aliphatic heterocycles. The Hall–Kier alpha value is -2.87. The third-order valence-corrected chi connectivity index (χ3v) is 5.33. The standard InChI is InChI=1S/C22H23F3N4O/c1-13(16-3-2-4-17(21(16)23)22(24)25)28-20-12-27-29-19-6-5-15(11-18(19)20)30-14-7-9-26-10-8-14/h2-6,11-14,22,26H,7-10H2,1H3,(H,28,29)/t13-/m1/s1. The molecule has 0 spiro atoms. The Kier molecular flexibility index (Phi) is 6.03. The van der Waals surface area contributed by atoms with Crippen molar-refractivity contribution in [1.29, 1.82) is 0 Å². The number of hydrogen-bond acceptors (Lipinski definition) is 5. The number of rotatable bonds is 6. The molecule has 30 heavy (non-hydrogen) atoms. The number of aromatic nitrogens is 2. The number of hydrogen-bond donors (Lipinski definition) is 2. The van der Waals surface area contributed by atoms with Gasteiger partial charge in [0.05, 0.1) is 29.0 Å². The lowest BCUT2D eigenvalue weighted by molar-refractivity contribution is 0.146. The Balaban J connectivity index is 1.60. The molecule has 1 fully saturated rings. The van der Waals surface area contributed by atoms with Crippen LogP contribution in [0.3, 0.4) is 0 Å². The first kappa shape index (κ1) is 20.4. The summed E-state index contributed by atoms with van der Waals surface area (Å²) >= 11 is 0. The van der Waals surface area contributed by atoms with Gasteiger partial charge in [-0.2, -0.15) is 10.2 Å². The van der Waals surface area contributed by atoms with Gasteiger partial charge in [-0.1, -0.05) is 18.2 Å². The van der Waals surface area contributed by atoms with Crippen LogP contribution in [0.2, 0.25) is 0 Å². The highest BCUT2D eigenvalue weighted by atomic mass is 19.3. The number of benzene rings is 2. The van der Waals surface area contributed by atoms with Crippen molar-refractivity contribution in [1.82, 2.24) is 15.5 Å². The summed E-state index contributed by atoms with van der Waals surface area (Å²) < 4.78 is 46.7. The second kappa shape index (κ2) is 8.87. The van der Waals surface area contributed by atoms with Gasteiger partial charge in [-0.15, -0.1) is 0 Å². The summed E-state index contributed by atoms with van der Waals surface area (Å²) in [6.07, 6.45) is 0.709. The number of fused-ring (bicyclic) bond motifs is 1. The zero-order valence-corrected chi connectivity index (χ0v) is 16.5. The monoisotopic (exact) mass is 416 g/mol. The van der Waals surface area contributed by atoms with E-state index in [4.69, 9.17) is 4.74 Å². The van der Waals surface area contributed by atoms with Crippen molar-refractivity contribution in [2.75, 3.05) is 18.4 Å². The Morgan fingerprint density at radius 2 is 1.90 bits per heavy atom. The fraction of sp³-hybridized carbons (Fsp3) is 0.364. The summed E-state index contributed by atoms with van der Waals surface area (Å²) in [4.78, 5) is 0. The molecule has 1 saturated heterocycles. The molecule has 3 aromatic rings. The lowest BCUT2D eigenvalue weighted by atomic mass is 10.0. The predicted molar refractivity (Wildman–Crippen MR) is 109 cm³/mol. The van der Waals surface area contributed by atoms with Gasteiger partial charge >= 0.3 is 0 Å². The molecule has 1 atom stereocenters. The zero-order valence-electron chi connectivity index (χ0n) is 16.5. The third kappa shape index (κ3) is 4.33. The van der Waals surface area contributed by atoms with Gasteiger partial charge in [-0.3, -0.25) is 0 Å². The highest BCUT2D eigenvalue weighted by Gasteiger charge is 2.20. The quantitative estimate of drug-likeness (QED) is 0.592. The highest BCUT2D eigenvalue weighted by molar-refractivity contribution is 5.91. The fourth-order valence-electron chi connectivity index (χ4n) is 3.71. The molecule has 2 N–H and O–H groups in total. The number of nitrogens with zero attached hydrogens (tertiary/aromatic N) is 2. The van der Waals surface area contributed by atoms with Crippen molar-refractivity contribution in [3.05, 3.63) is 59.5 Å². The van der Waals surface area contributed by atoms with Crippen molar-refractivity contribution in [2.24, 2.45) is 0 Å². The predicted octanol–water partition coefficient (Wildman–Crippen LogP) is 5.01. The molecule has 5 nitrogen and oxygen atoms in total. The van der Waals surface area contributed by atoms with Crippen LogP contribution in [0.15, 0.2) is 42.6 Å². The Bertz CT molecular complexity index is 1020. The number of alkyl halides is 2. The minimum Gasteiger partial charge on any atom is -0.490 e. The molecular weight excluding hydrogens is 393 g/mol. The Morgan fingerprint density at radius 3 is 2.67 bits per heavy atom. The van der Waals surface area contributed by atoms with Crippen LogP contribution in [-0.4, -0.2) is 29.4 Å². The topological polar surface area (TPSA) is 59.1 Å². The van der Waals surface area contributed by atoms with Gasteiger partial charge in [-0.05, 0) is 51.1 Å². The van der Waals surface area contributed by atoms with Crippen LogP contribution in [0.4, 0.5) is 18.9 Å². The lowest BCUT2D eigenvalue weighted by Gasteiger charge is -2.24. The lowest BCUT2D eigenvalue weighted by Crippen LogP contribution is -2.34. The minimum atomic E-state index is -2.87. The molecule has 1 aliphatic rings. The Labute approximate surface area is 172 Å². The van der Waals surface area contributed by atoms with Crippen LogP contribution >= 0.6 is 0 Å². The molecule has 0 aliphatic carbocycles. The molecule has 4 rings (SSSR count).